The zero-order chi connectivity index (χ0) is 28.9. The van der Waals surface area contributed by atoms with E-state index in [1.807, 2.05) is 18.4 Å². The fraction of sp³-hybridized carbons (Fsp3) is 0.480. The Labute approximate surface area is 255 Å². The molecule has 3 unspecified atom stereocenters. The number of allylic oxidation sites excluding steroid dienone is 2. The molecule has 8 nitrogen and oxygen atoms in total. The van der Waals surface area contributed by atoms with Crippen LogP contribution in [0.2, 0.25) is 0 Å². The third-order valence-corrected chi connectivity index (χ3v) is 10.7. The molecule has 0 aromatic heterocycles. The van der Waals surface area contributed by atoms with Gasteiger partial charge in [0.2, 0.25) is 22.0 Å². The van der Waals surface area contributed by atoms with Gasteiger partial charge in [-0.15, -0.1) is 35.3 Å². The van der Waals surface area contributed by atoms with Crippen molar-refractivity contribution in [2.75, 3.05) is 42.7 Å². The highest BCUT2D eigenvalue weighted by molar-refractivity contribution is 8.19. The molecule has 0 aliphatic carbocycles. The first kappa shape index (κ1) is 34.0. The lowest BCUT2D eigenvalue weighted by Gasteiger charge is -2.27. The van der Waals surface area contributed by atoms with Crippen molar-refractivity contribution in [1.82, 2.24) is 9.80 Å². The first-order chi connectivity index (χ1) is 18.6. The van der Waals surface area contributed by atoms with Crippen molar-refractivity contribution in [3.63, 3.8) is 0 Å². The van der Waals surface area contributed by atoms with Crippen LogP contribution in [-0.2, 0) is 28.7 Å². The first-order valence-electron chi connectivity index (χ1n) is 11.8. The maximum absolute atomic E-state index is 13.1. The number of esters is 1. The van der Waals surface area contributed by atoms with Crippen LogP contribution >= 0.6 is 70.6 Å². The predicted octanol–water partition coefficient (Wildman–Crippen LogP) is 4.45. The summed E-state index contributed by atoms with van der Waals surface area (Å²) >= 11 is 7.28. The summed E-state index contributed by atoms with van der Waals surface area (Å²) in [5.74, 6) is 0.750. The molecule has 0 saturated carbocycles. The van der Waals surface area contributed by atoms with Crippen LogP contribution in [-0.4, -0.2) is 97.0 Å². The molecule has 3 atom stereocenters. The average Bonchev–Trinajstić information content (AvgIpc) is 3.42. The fourth-order valence-corrected chi connectivity index (χ4v) is 8.06. The molecule has 0 N–H and O–H groups in total. The van der Waals surface area contributed by atoms with E-state index in [9.17, 15) is 24.0 Å². The Balaban J connectivity index is 1.89. The van der Waals surface area contributed by atoms with Crippen molar-refractivity contribution in [3.05, 3.63) is 46.6 Å². The van der Waals surface area contributed by atoms with Crippen LogP contribution in [0.25, 0.3) is 0 Å². The minimum Gasteiger partial charge on any atom is -0.462 e. The Morgan fingerprint density at radius 3 is 2.62 bits per heavy atom. The van der Waals surface area contributed by atoms with Gasteiger partial charge in [-0.3, -0.25) is 19.2 Å². The molecular formula is C25H32N2O6S6. The second-order valence-corrected chi connectivity index (χ2v) is 14.7. The van der Waals surface area contributed by atoms with E-state index in [0.29, 0.717) is 27.3 Å². The standard InChI is InChI=1S/C25H32N2O6S6/c1-6-36-18(4)24(31)38-16(2)21(28)26(14-34-5)10-11-33-23(30)19-13-35-15-27(19)22(29)17(3)39-25(32)20-9-7-8-12-37-20/h6-9,16-17,19H,1,4,10-15H2,2-3,5H3. The van der Waals surface area contributed by atoms with Gasteiger partial charge in [0.15, 0.2) is 0 Å². The summed E-state index contributed by atoms with van der Waals surface area (Å²) < 4.78 is 5.48. The molecule has 1 saturated heterocycles. The van der Waals surface area contributed by atoms with Gasteiger partial charge in [-0.25, -0.2) is 4.79 Å². The number of nitrogens with zero attached hydrogens (tertiary/aromatic N) is 2. The molecule has 0 aromatic rings. The summed E-state index contributed by atoms with van der Waals surface area (Å²) in [5.41, 5.74) is 0. The van der Waals surface area contributed by atoms with E-state index in [1.54, 1.807) is 19.9 Å². The van der Waals surface area contributed by atoms with Crippen LogP contribution < -0.4 is 0 Å². The van der Waals surface area contributed by atoms with Gasteiger partial charge in [0.1, 0.15) is 12.6 Å². The van der Waals surface area contributed by atoms with Gasteiger partial charge in [0, 0.05) is 11.5 Å². The SMILES string of the molecule is C=CSC(=C)C(=O)SC(C)C(=O)N(CCOC(=O)C1CSCN1C(=O)C(C)SC(=O)C1=CC=CCS1)CSC. The van der Waals surface area contributed by atoms with E-state index in [1.165, 1.54) is 50.5 Å². The largest absolute Gasteiger partial charge is 0.462 e. The Kier molecular flexibility index (Phi) is 15.3. The lowest BCUT2D eigenvalue weighted by molar-refractivity contribution is -0.153. The maximum atomic E-state index is 13.1. The first-order valence-corrected chi connectivity index (χ1v) is 18.0. The molecule has 14 heteroatoms. The zero-order valence-corrected chi connectivity index (χ0v) is 26.9. The quantitative estimate of drug-likeness (QED) is 0.151. The van der Waals surface area contributed by atoms with Gasteiger partial charge in [-0.1, -0.05) is 60.6 Å². The molecule has 39 heavy (non-hydrogen) atoms. The second kappa shape index (κ2) is 17.6. The smallest absolute Gasteiger partial charge is 0.329 e. The van der Waals surface area contributed by atoms with Crippen molar-refractivity contribution in [3.8, 4) is 0 Å². The third-order valence-electron chi connectivity index (χ3n) is 5.28. The topological polar surface area (TPSA) is 101 Å². The number of rotatable bonds is 14. The highest BCUT2D eigenvalue weighted by Crippen LogP contribution is 2.30. The van der Waals surface area contributed by atoms with Gasteiger partial charge < -0.3 is 14.5 Å². The minimum atomic E-state index is -0.753. The van der Waals surface area contributed by atoms with Gasteiger partial charge in [0.05, 0.1) is 38.6 Å². The fourth-order valence-electron chi connectivity index (χ4n) is 3.31. The molecule has 2 amide bonds. The third kappa shape index (κ3) is 10.6. The Bertz CT molecular complexity index is 1030. The maximum Gasteiger partial charge on any atom is 0.329 e. The lowest BCUT2D eigenvalue weighted by Crippen LogP contribution is -2.46. The highest BCUT2D eigenvalue weighted by Gasteiger charge is 2.38. The summed E-state index contributed by atoms with van der Waals surface area (Å²) in [5, 5.41) is -0.226. The molecule has 2 aliphatic heterocycles. The van der Waals surface area contributed by atoms with Crippen LogP contribution in [0.5, 0.6) is 0 Å². The molecule has 1 fully saturated rings. The minimum absolute atomic E-state index is 0.0413. The number of thioether (sulfide) groups is 6. The van der Waals surface area contributed by atoms with E-state index in [0.717, 1.165) is 41.0 Å². The number of hydrogen-bond donors (Lipinski definition) is 0. The van der Waals surface area contributed by atoms with Crippen molar-refractivity contribution >= 4 is 98.6 Å². The summed E-state index contributed by atoms with van der Waals surface area (Å²) in [6, 6.07) is -0.753. The molecule has 214 valence electrons. The predicted molar refractivity (Wildman–Crippen MR) is 170 cm³/mol. The van der Waals surface area contributed by atoms with E-state index in [4.69, 9.17) is 4.74 Å². The van der Waals surface area contributed by atoms with Crippen LogP contribution in [0, 0.1) is 0 Å². The van der Waals surface area contributed by atoms with E-state index in [2.05, 4.69) is 13.2 Å². The Morgan fingerprint density at radius 1 is 1.23 bits per heavy atom. The van der Waals surface area contributed by atoms with Gasteiger partial charge in [-0.05, 0) is 31.6 Å². The van der Waals surface area contributed by atoms with E-state index >= 15 is 0 Å². The van der Waals surface area contributed by atoms with Gasteiger partial charge in [0.25, 0.3) is 0 Å². The summed E-state index contributed by atoms with van der Waals surface area (Å²) in [4.78, 5) is 67.6. The van der Waals surface area contributed by atoms with Crippen molar-refractivity contribution in [1.29, 1.82) is 0 Å². The number of carbonyl (C=O) groups excluding carboxylic acids is 5. The van der Waals surface area contributed by atoms with Crippen molar-refractivity contribution in [2.45, 2.75) is 30.4 Å². The number of carbonyl (C=O) groups is 5. The monoisotopic (exact) mass is 648 g/mol. The molecular weight excluding hydrogens is 617 g/mol. The van der Waals surface area contributed by atoms with Crippen LogP contribution in [0.3, 0.4) is 0 Å². The van der Waals surface area contributed by atoms with Gasteiger partial charge in [-0.2, -0.15) is 0 Å². The summed E-state index contributed by atoms with van der Waals surface area (Å²) in [6.07, 6.45) is 7.37. The normalized spacial score (nSPS) is 18.1. The second-order valence-electron chi connectivity index (χ2n) is 8.08. The van der Waals surface area contributed by atoms with Crippen molar-refractivity contribution in [2.24, 2.45) is 0 Å². The molecule has 0 bridgehead atoms. The zero-order valence-electron chi connectivity index (χ0n) is 22.0. The van der Waals surface area contributed by atoms with Crippen LogP contribution in [0.1, 0.15) is 13.8 Å². The number of amides is 2. The molecule has 2 heterocycles. The Morgan fingerprint density at radius 2 is 1.97 bits per heavy atom. The molecule has 0 aromatic carbocycles. The Hall–Kier alpha value is -1.19. The molecule has 2 aliphatic rings. The number of ether oxygens (including phenoxy) is 1. The van der Waals surface area contributed by atoms with Gasteiger partial charge >= 0.3 is 5.97 Å². The summed E-state index contributed by atoms with van der Waals surface area (Å²) in [6.45, 7) is 10.7. The van der Waals surface area contributed by atoms with Crippen molar-refractivity contribution < 1.29 is 28.7 Å². The highest BCUT2D eigenvalue weighted by atomic mass is 32.2. The molecule has 0 spiro atoms. The van der Waals surface area contributed by atoms with E-state index < -0.39 is 22.5 Å². The summed E-state index contributed by atoms with van der Waals surface area (Å²) in [7, 11) is 0. The number of hydrogen-bond acceptors (Lipinski definition) is 12. The molecule has 0 radical (unpaired) electrons. The van der Waals surface area contributed by atoms with Crippen LogP contribution in [0.15, 0.2) is 46.6 Å². The van der Waals surface area contributed by atoms with E-state index in [-0.39, 0.29) is 35.2 Å². The molecule has 2 rings (SSSR count). The van der Waals surface area contributed by atoms with Crippen LogP contribution in [0.4, 0.5) is 0 Å². The lowest BCUT2D eigenvalue weighted by atomic mass is 10.2. The average molecular weight is 649 g/mol.